The average Bonchev–Trinajstić information content (AvgIpc) is 3.36. The number of aromatic nitrogens is 3. The number of thiazole rings is 1. The summed E-state index contributed by atoms with van der Waals surface area (Å²) in [7, 11) is 0. The molecular weight excluding hydrogens is 441 g/mol. The summed E-state index contributed by atoms with van der Waals surface area (Å²) in [5.74, 6) is -0.263. The van der Waals surface area contributed by atoms with Crippen molar-refractivity contribution in [1.82, 2.24) is 15.2 Å². The number of nitrogens with one attached hydrogen (secondary N) is 2. The molecule has 0 atom stereocenters. The fourth-order valence-electron chi connectivity index (χ4n) is 2.58. The fourth-order valence-corrected chi connectivity index (χ4v) is 4.78. The van der Waals surface area contributed by atoms with Crippen LogP contribution in [0.4, 0.5) is 20.9 Å². The van der Waals surface area contributed by atoms with Crippen LogP contribution in [0.25, 0.3) is 11.3 Å². The van der Waals surface area contributed by atoms with Crippen molar-refractivity contribution in [3.8, 4) is 11.3 Å². The van der Waals surface area contributed by atoms with E-state index in [-0.39, 0.29) is 17.5 Å². The summed E-state index contributed by atoms with van der Waals surface area (Å²) in [5.41, 5.74) is 3.17. The monoisotopic (exact) mass is 457 g/mol. The molecule has 4 aromatic rings. The smallest absolute Gasteiger partial charge is 0.234 e. The number of nitrogens with zero attached hydrogens (tertiary/aromatic N) is 3. The van der Waals surface area contributed by atoms with E-state index in [4.69, 9.17) is 0 Å². The van der Waals surface area contributed by atoms with Gasteiger partial charge in [0.15, 0.2) is 4.34 Å². The SMILES string of the molecule is Cc1nc(-c2cccc(NC(=O)CSc3nnc(Nc4cccc(F)c4)s3)c2)cs1. The number of amides is 1. The second kappa shape index (κ2) is 9.33. The molecule has 2 heterocycles. The molecule has 2 aromatic heterocycles. The van der Waals surface area contributed by atoms with E-state index in [9.17, 15) is 9.18 Å². The summed E-state index contributed by atoms with van der Waals surface area (Å²) in [5, 5.41) is 17.5. The van der Waals surface area contributed by atoms with Gasteiger partial charge in [-0.05, 0) is 37.3 Å². The van der Waals surface area contributed by atoms with E-state index < -0.39 is 0 Å². The molecule has 6 nitrogen and oxygen atoms in total. The highest BCUT2D eigenvalue weighted by Gasteiger charge is 2.10. The zero-order valence-corrected chi connectivity index (χ0v) is 18.2. The van der Waals surface area contributed by atoms with Gasteiger partial charge in [0, 0.05) is 22.3 Å². The molecule has 0 fully saturated rings. The predicted molar refractivity (Wildman–Crippen MR) is 121 cm³/mol. The summed E-state index contributed by atoms with van der Waals surface area (Å²) in [4.78, 5) is 16.8. The first-order valence-electron chi connectivity index (χ1n) is 8.86. The Morgan fingerprint density at radius 2 is 1.97 bits per heavy atom. The summed E-state index contributed by atoms with van der Waals surface area (Å²) >= 11 is 4.19. The molecule has 0 unspecified atom stereocenters. The Labute approximate surface area is 184 Å². The number of hydrogen-bond donors (Lipinski definition) is 2. The Balaban J connectivity index is 1.32. The van der Waals surface area contributed by atoms with Gasteiger partial charge in [-0.25, -0.2) is 9.37 Å². The van der Waals surface area contributed by atoms with E-state index in [0.717, 1.165) is 22.0 Å². The minimum atomic E-state index is -0.329. The molecule has 4 rings (SSSR count). The highest BCUT2D eigenvalue weighted by Crippen LogP contribution is 2.28. The molecular formula is C20H16FN5OS3. The largest absolute Gasteiger partial charge is 0.330 e. The Hall–Kier alpha value is -2.82. The Morgan fingerprint density at radius 3 is 2.77 bits per heavy atom. The molecule has 0 spiro atoms. The van der Waals surface area contributed by atoms with Crippen LogP contribution in [0.2, 0.25) is 0 Å². The van der Waals surface area contributed by atoms with Crippen molar-refractivity contribution >= 4 is 56.8 Å². The second-order valence-electron chi connectivity index (χ2n) is 6.18. The molecule has 0 aliphatic rings. The van der Waals surface area contributed by atoms with Gasteiger partial charge in [0.25, 0.3) is 0 Å². The normalized spacial score (nSPS) is 10.7. The molecule has 0 aliphatic carbocycles. The van der Waals surface area contributed by atoms with Gasteiger partial charge in [-0.3, -0.25) is 4.79 Å². The third-order valence-corrected chi connectivity index (χ3v) is 6.62. The van der Waals surface area contributed by atoms with Crippen LogP contribution in [0.3, 0.4) is 0 Å². The van der Waals surface area contributed by atoms with Gasteiger partial charge in [0.2, 0.25) is 11.0 Å². The maximum absolute atomic E-state index is 13.3. The summed E-state index contributed by atoms with van der Waals surface area (Å²) in [6, 6.07) is 13.7. The highest BCUT2D eigenvalue weighted by atomic mass is 32.2. The van der Waals surface area contributed by atoms with Crippen LogP contribution in [0.1, 0.15) is 5.01 Å². The molecule has 2 aromatic carbocycles. The number of anilines is 3. The zero-order chi connectivity index (χ0) is 20.9. The zero-order valence-electron chi connectivity index (χ0n) is 15.8. The lowest BCUT2D eigenvalue weighted by Crippen LogP contribution is -2.13. The van der Waals surface area contributed by atoms with Crippen LogP contribution in [0.15, 0.2) is 58.3 Å². The fraction of sp³-hybridized carbons (Fsp3) is 0.100. The predicted octanol–water partition coefficient (Wildman–Crippen LogP) is 5.58. The molecule has 0 radical (unpaired) electrons. The van der Waals surface area contributed by atoms with Crippen molar-refractivity contribution in [3.05, 3.63) is 64.7 Å². The van der Waals surface area contributed by atoms with E-state index in [0.29, 0.717) is 15.2 Å². The number of rotatable bonds is 7. The molecule has 30 heavy (non-hydrogen) atoms. The maximum atomic E-state index is 13.3. The molecule has 0 bridgehead atoms. The molecule has 2 N–H and O–H groups in total. The van der Waals surface area contributed by atoms with Gasteiger partial charge in [-0.15, -0.1) is 21.5 Å². The van der Waals surface area contributed by atoms with Crippen LogP contribution in [0.5, 0.6) is 0 Å². The van der Waals surface area contributed by atoms with Crippen molar-refractivity contribution < 1.29 is 9.18 Å². The van der Waals surface area contributed by atoms with Crippen LogP contribution >= 0.6 is 34.4 Å². The number of aryl methyl sites for hydroxylation is 1. The van der Waals surface area contributed by atoms with Crippen molar-refractivity contribution in [1.29, 1.82) is 0 Å². The van der Waals surface area contributed by atoms with E-state index in [1.807, 2.05) is 36.6 Å². The summed E-state index contributed by atoms with van der Waals surface area (Å²) in [6.07, 6.45) is 0. The van der Waals surface area contributed by atoms with Crippen molar-refractivity contribution in [3.63, 3.8) is 0 Å². The molecule has 152 valence electrons. The average molecular weight is 458 g/mol. The Bertz CT molecular complexity index is 1180. The van der Waals surface area contributed by atoms with E-state index in [2.05, 4.69) is 25.8 Å². The third-order valence-electron chi connectivity index (χ3n) is 3.87. The molecule has 1 amide bonds. The second-order valence-corrected chi connectivity index (χ2v) is 9.44. The first-order chi connectivity index (χ1) is 14.5. The number of benzene rings is 2. The van der Waals surface area contributed by atoms with Crippen molar-refractivity contribution in [2.24, 2.45) is 0 Å². The van der Waals surface area contributed by atoms with E-state index in [1.165, 1.54) is 35.2 Å². The molecule has 0 saturated heterocycles. The molecule has 0 saturated carbocycles. The van der Waals surface area contributed by atoms with E-state index in [1.54, 1.807) is 23.5 Å². The van der Waals surface area contributed by atoms with E-state index >= 15 is 0 Å². The standard InChI is InChI=1S/C20H16FN5OS3/c1-12-22-17(10-28-12)13-4-2-6-15(8-13)23-18(27)11-29-20-26-25-19(30-20)24-16-7-3-5-14(21)9-16/h2-10H,11H2,1H3,(H,23,27)(H,24,25). The minimum absolute atomic E-state index is 0.138. The van der Waals surface area contributed by atoms with Gasteiger partial charge in [0.1, 0.15) is 5.82 Å². The van der Waals surface area contributed by atoms with Gasteiger partial charge < -0.3 is 10.6 Å². The Morgan fingerprint density at radius 1 is 1.13 bits per heavy atom. The lowest BCUT2D eigenvalue weighted by molar-refractivity contribution is -0.113. The molecule has 10 heteroatoms. The van der Waals surface area contributed by atoms with Gasteiger partial charge in [0.05, 0.1) is 16.5 Å². The third kappa shape index (κ3) is 5.41. The van der Waals surface area contributed by atoms with Crippen LogP contribution in [-0.2, 0) is 4.79 Å². The lowest BCUT2D eigenvalue weighted by Gasteiger charge is -2.06. The van der Waals surface area contributed by atoms with Gasteiger partial charge >= 0.3 is 0 Å². The number of carbonyl (C=O) groups is 1. The van der Waals surface area contributed by atoms with Crippen LogP contribution in [-0.4, -0.2) is 26.8 Å². The lowest BCUT2D eigenvalue weighted by atomic mass is 10.1. The number of thioether (sulfide) groups is 1. The van der Waals surface area contributed by atoms with Gasteiger partial charge in [-0.2, -0.15) is 0 Å². The first-order valence-corrected chi connectivity index (χ1v) is 11.5. The first kappa shape index (κ1) is 20.5. The van der Waals surface area contributed by atoms with Gasteiger partial charge in [-0.1, -0.05) is 41.3 Å². The summed E-state index contributed by atoms with van der Waals surface area (Å²) in [6.45, 7) is 1.96. The van der Waals surface area contributed by atoms with Crippen LogP contribution in [0, 0.1) is 12.7 Å². The highest BCUT2D eigenvalue weighted by molar-refractivity contribution is 8.01. The number of carbonyl (C=O) groups excluding carboxylic acids is 1. The minimum Gasteiger partial charge on any atom is -0.330 e. The van der Waals surface area contributed by atoms with Crippen LogP contribution < -0.4 is 10.6 Å². The molecule has 0 aliphatic heterocycles. The quantitative estimate of drug-likeness (QED) is 0.353. The topological polar surface area (TPSA) is 79.8 Å². The number of halogens is 1. The summed E-state index contributed by atoms with van der Waals surface area (Å²) < 4.78 is 13.9. The number of hydrogen-bond acceptors (Lipinski definition) is 8. The van der Waals surface area contributed by atoms with Crippen molar-refractivity contribution in [2.75, 3.05) is 16.4 Å². The maximum Gasteiger partial charge on any atom is 0.234 e. The Kier molecular flexibility index (Phi) is 6.36. The van der Waals surface area contributed by atoms with Crippen molar-refractivity contribution in [2.45, 2.75) is 11.3 Å².